The molecule has 4 nitrogen and oxygen atoms in total. The molecule has 104 valence electrons. The van der Waals surface area contributed by atoms with Crippen molar-refractivity contribution in [3.8, 4) is 11.1 Å². The van der Waals surface area contributed by atoms with Gasteiger partial charge in [-0.1, -0.05) is 24.3 Å². The lowest BCUT2D eigenvalue weighted by Gasteiger charge is -2.27. The predicted octanol–water partition coefficient (Wildman–Crippen LogP) is 2.16. The Bertz CT molecular complexity index is 579. The zero-order chi connectivity index (χ0) is 13.8. The molecule has 0 radical (unpaired) electrons. The number of hydrogen-bond acceptors (Lipinski definition) is 4. The van der Waals surface area contributed by atoms with E-state index < -0.39 is 0 Å². The van der Waals surface area contributed by atoms with Gasteiger partial charge in [-0.3, -0.25) is 4.90 Å². The summed E-state index contributed by atoms with van der Waals surface area (Å²) in [5.74, 6) is 0.559. The maximum Gasteiger partial charge on any atom is 0.123 e. The number of benzene rings is 1. The van der Waals surface area contributed by atoms with Crippen LogP contribution in [0.5, 0.6) is 0 Å². The van der Waals surface area contributed by atoms with Crippen molar-refractivity contribution in [2.45, 2.75) is 6.54 Å². The molecule has 4 heteroatoms. The number of aromatic nitrogens is 1. The highest BCUT2D eigenvalue weighted by molar-refractivity contribution is 5.69. The molecule has 20 heavy (non-hydrogen) atoms. The number of morpholine rings is 1. The summed E-state index contributed by atoms with van der Waals surface area (Å²) in [6.45, 7) is 4.58. The van der Waals surface area contributed by atoms with Gasteiger partial charge in [-0.2, -0.15) is 0 Å². The molecule has 0 saturated carbocycles. The molecule has 1 fully saturated rings. The average Bonchev–Trinajstić information content (AvgIpc) is 2.49. The van der Waals surface area contributed by atoms with Crippen molar-refractivity contribution in [1.82, 2.24) is 9.88 Å². The van der Waals surface area contributed by atoms with E-state index in [4.69, 9.17) is 10.5 Å². The molecule has 0 unspecified atom stereocenters. The molecule has 3 rings (SSSR count). The lowest BCUT2D eigenvalue weighted by atomic mass is 10.00. The predicted molar refractivity (Wildman–Crippen MR) is 80.2 cm³/mol. The van der Waals surface area contributed by atoms with Gasteiger partial charge in [0.1, 0.15) is 5.82 Å². The van der Waals surface area contributed by atoms with Crippen LogP contribution >= 0.6 is 0 Å². The van der Waals surface area contributed by atoms with E-state index in [1.165, 1.54) is 11.1 Å². The first-order valence-electron chi connectivity index (χ1n) is 6.93. The number of nitrogens with zero attached hydrogens (tertiary/aromatic N) is 2. The molecule has 2 aromatic rings. The van der Waals surface area contributed by atoms with Gasteiger partial charge >= 0.3 is 0 Å². The molecule has 1 aliphatic heterocycles. The monoisotopic (exact) mass is 269 g/mol. The Hall–Kier alpha value is -1.91. The summed E-state index contributed by atoms with van der Waals surface area (Å²) in [4.78, 5) is 6.49. The van der Waals surface area contributed by atoms with Crippen LogP contribution in [0.3, 0.4) is 0 Å². The van der Waals surface area contributed by atoms with Crippen molar-refractivity contribution in [3.63, 3.8) is 0 Å². The fourth-order valence-corrected chi connectivity index (χ4v) is 2.56. The summed E-state index contributed by atoms with van der Waals surface area (Å²) in [6.07, 6.45) is 1.76. The molecule has 1 aromatic heterocycles. The number of pyridine rings is 1. The topological polar surface area (TPSA) is 51.4 Å². The van der Waals surface area contributed by atoms with Gasteiger partial charge in [0.2, 0.25) is 0 Å². The summed E-state index contributed by atoms with van der Waals surface area (Å²) < 4.78 is 5.40. The Balaban J connectivity index is 1.87. The smallest absolute Gasteiger partial charge is 0.123 e. The van der Waals surface area contributed by atoms with Crippen molar-refractivity contribution in [3.05, 3.63) is 48.2 Å². The third kappa shape index (κ3) is 2.98. The van der Waals surface area contributed by atoms with Crippen molar-refractivity contribution < 1.29 is 4.74 Å². The van der Waals surface area contributed by atoms with Gasteiger partial charge in [0, 0.05) is 25.8 Å². The highest BCUT2D eigenvalue weighted by Gasteiger charge is 2.13. The Morgan fingerprint density at radius 1 is 1.15 bits per heavy atom. The van der Waals surface area contributed by atoms with Gasteiger partial charge in [-0.05, 0) is 28.8 Å². The van der Waals surface area contributed by atoms with Crippen LogP contribution in [0, 0.1) is 0 Å². The quantitative estimate of drug-likeness (QED) is 0.927. The van der Waals surface area contributed by atoms with E-state index in [1.54, 1.807) is 6.20 Å². The fourth-order valence-electron chi connectivity index (χ4n) is 2.56. The highest BCUT2D eigenvalue weighted by Crippen LogP contribution is 2.25. The molecule has 1 aliphatic rings. The van der Waals surface area contributed by atoms with Crippen molar-refractivity contribution in [2.75, 3.05) is 32.0 Å². The molecule has 0 aliphatic carbocycles. The first-order valence-corrected chi connectivity index (χ1v) is 6.93. The van der Waals surface area contributed by atoms with E-state index in [0.717, 1.165) is 38.4 Å². The second-order valence-corrected chi connectivity index (χ2v) is 5.02. The molecule has 2 heterocycles. The van der Waals surface area contributed by atoms with Crippen LogP contribution in [0.25, 0.3) is 11.1 Å². The van der Waals surface area contributed by atoms with E-state index in [-0.39, 0.29) is 0 Å². The molecule has 0 spiro atoms. The van der Waals surface area contributed by atoms with Gasteiger partial charge in [-0.25, -0.2) is 4.98 Å². The van der Waals surface area contributed by atoms with E-state index in [1.807, 2.05) is 12.1 Å². The SMILES string of the molecule is Nc1cc(-c2ccccc2CN2CCOCC2)ccn1. The van der Waals surface area contributed by atoms with Crippen molar-refractivity contribution in [2.24, 2.45) is 0 Å². The molecule has 0 amide bonds. The van der Waals surface area contributed by atoms with Crippen molar-refractivity contribution in [1.29, 1.82) is 0 Å². The van der Waals surface area contributed by atoms with Crippen LogP contribution in [0.15, 0.2) is 42.6 Å². The average molecular weight is 269 g/mol. The summed E-state index contributed by atoms with van der Waals surface area (Å²) in [5, 5.41) is 0. The maximum absolute atomic E-state index is 5.79. The fraction of sp³-hybridized carbons (Fsp3) is 0.312. The zero-order valence-electron chi connectivity index (χ0n) is 11.5. The standard InChI is InChI=1S/C16H19N3O/c17-16-11-13(5-6-18-16)15-4-2-1-3-14(15)12-19-7-9-20-10-8-19/h1-6,11H,7-10,12H2,(H2,17,18). The minimum Gasteiger partial charge on any atom is -0.384 e. The molecule has 0 atom stereocenters. The number of anilines is 1. The van der Waals surface area contributed by atoms with Crippen LogP contribution in [-0.2, 0) is 11.3 Å². The Kier molecular flexibility index (Phi) is 3.95. The number of hydrogen-bond donors (Lipinski definition) is 1. The van der Waals surface area contributed by atoms with Gasteiger partial charge in [0.05, 0.1) is 13.2 Å². The third-order valence-electron chi connectivity index (χ3n) is 3.61. The number of rotatable bonds is 3. The Morgan fingerprint density at radius 2 is 1.95 bits per heavy atom. The number of nitrogen functional groups attached to an aromatic ring is 1. The molecular weight excluding hydrogens is 250 g/mol. The van der Waals surface area contributed by atoms with Crippen LogP contribution in [0.1, 0.15) is 5.56 Å². The number of ether oxygens (including phenoxy) is 1. The van der Waals surface area contributed by atoms with Gasteiger partial charge in [-0.15, -0.1) is 0 Å². The van der Waals surface area contributed by atoms with Crippen LogP contribution in [0.4, 0.5) is 5.82 Å². The maximum atomic E-state index is 5.79. The highest BCUT2D eigenvalue weighted by atomic mass is 16.5. The first-order chi connectivity index (χ1) is 9.83. The zero-order valence-corrected chi connectivity index (χ0v) is 11.5. The minimum absolute atomic E-state index is 0.559. The second kappa shape index (κ2) is 6.03. The van der Waals surface area contributed by atoms with Crippen molar-refractivity contribution >= 4 is 5.82 Å². The van der Waals surface area contributed by atoms with Crippen LogP contribution in [-0.4, -0.2) is 36.2 Å². The molecule has 1 aromatic carbocycles. The van der Waals surface area contributed by atoms with E-state index >= 15 is 0 Å². The molecule has 1 saturated heterocycles. The first kappa shape index (κ1) is 13.1. The van der Waals surface area contributed by atoms with Gasteiger partial charge in [0.15, 0.2) is 0 Å². The lowest BCUT2D eigenvalue weighted by Crippen LogP contribution is -2.35. The van der Waals surface area contributed by atoms with E-state index in [9.17, 15) is 0 Å². The Morgan fingerprint density at radius 3 is 2.75 bits per heavy atom. The van der Waals surface area contributed by atoms with Gasteiger partial charge in [0.25, 0.3) is 0 Å². The van der Waals surface area contributed by atoms with E-state index in [0.29, 0.717) is 5.82 Å². The van der Waals surface area contributed by atoms with Crippen LogP contribution < -0.4 is 5.73 Å². The summed E-state index contributed by atoms with van der Waals surface area (Å²) in [5.41, 5.74) is 9.47. The second-order valence-electron chi connectivity index (χ2n) is 5.02. The normalized spacial score (nSPS) is 16.2. The van der Waals surface area contributed by atoms with E-state index in [2.05, 4.69) is 34.1 Å². The Labute approximate surface area is 119 Å². The summed E-state index contributed by atoms with van der Waals surface area (Å²) in [6, 6.07) is 12.4. The molecule has 2 N–H and O–H groups in total. The summed E-state index contributed by atoms with van der Waals surface area (Å²) in [7, 11) is 0. The largest absolute Gasteiger partial charge is 0.384 e. The minimum atomic E-state index is 0.559. The summed E-state index contributed by atoms with van der Waals surface area (Å²) >= 11 is 0. The lowest BCUT2D eigenvalue weighted by molar-refractivity contribution is 0.0342. The molecular formula is C16H19N3O. The van der Waals surface area contributed by atoms with Crippen LogP contribution in [0.2, 0.25) is 0 Å². The third-order valence-corrected chi connectivity index (χ3v) is 3.61. The molecule has 0 bridgehead atoms. The van der Waals surface area contributed by atoms with Gasteiger partial charge < -0.3 is 10.5 Å². The number of nitrogens with two attached hydrogens (primary N) is 1.